The fraction of sp³-hybridized carbons (Fsp3) is 0.933. The van der Waals surface area contributed by atoms with Crippen molar-refractivity contribution in [2.75, 3.05) is 59.4 Å². The Kier molecular flexibility index (Phi) is 6.26. The summed E-state index contributed by atoms with van der Waals surface area (Å²) in [4.78, 5) is 19.2. The van der Waals surface area contributed by atoms with Crippen molar-refractivity contribution in [3.63, 3.8) is 0 Å². The Balaban J connectivity index is 1.84. The fourth-order valence-electron chi connectivity index (χ4n) is 3.18. The van der Waals surface area contributed by atoms with Crippen molar-refractivity contribution in [1.82, 2.24) is 20.0 Å². The van der Waals surface area contributed by atoms with Crippen molar-refractivity contribution in [3.8, 4) is 0 Å². The molecule has 0 aromatic heterocycles. The summed E-state index contributed by atoms with van der Waals surface area (Å²) in [6.45, 7) is 9.84. The lowest BCUT2D eigenvalue weighted by atomic mass is 10.0. The van der Waals surface area contributed by atoms with Crippen molar-refractivity contribution in [2.24, 2.45) is 0 Å². The van der Waals surface area contributed by atoms with Gasteiger partial charge in [0, 0.05) is 32.2 Å². The zero-order valence-electron chi connectivity index (χ0n) is 13.1. The van der Waals surface area contributed by atoms with Gasteiger partial charge in [-0.2, -0.15) is 0 Å². The van der Waals surface area contributed by atoms with Gasteiger partial charge in [0.1, 0.15) is 0 Å². The summed E-state index contributed by atoms with van der Waals surface area (Å²) in [6.07, 6.45) is 3.48. The monoisotopic (exact) mass is 282 g/mol. The summed E-state index contributed by atoms with van der Waals surface area (Å²) in [5.74, 6) is 0.324. The molecule has 0 spiro atoms. The average molecular weight is 282 g/mol. The number of hydrogen-bond donors (Lipinski definition) is 1. The van der Waals surface area contributed by atoms with Crippen LogP contribution in [0.5, 0.6) is 0 Å². The van der Waals surface area contributed by atoms with E-state index in [2.05, 4.69) is 29.1 Å². The lowest BCUT2D eigenvalue weighted by Crippen LogP contribution is -2.52. The molecule has 0 aromatic rings. The maximum atomic E-state index is 12.5. The van der Waals surface area contributed by atoms with Crippen molar-refractivity contribution in [3.05, 3.63) is 0 Å². The van der Waals surface area contributed by atoms with E-state index in [1.807, 2.05) is 4.90 Å². The number of carbonyl (C=O) groups excluding carboxylic acids is 1. The molecule has 2 aliphatic heterocycles. The lowest BCUT2D eigenvalue weighted by Gasteiger charge is -2.37. The molecule has 0 aliphatic carbocycles. The molecule has 2 fully saturated rings. The third-order valence-corrected chi connectivity index (χ3v) is 4.53. The predicted molar refractivity (Wildman–Crippen MR) is 81.8 cm³/mol. The van der Waals surface area contributed by atoms with E-state index in [0.717, 1.165) is 52.2 Å². The molecule has 0 radical (unpaired) electrons. The highest BCUT2D eigenvalue weighted by molar-refractivity contribution is 5.78. The van der Waals surface area contributed by atoms with Crippen LogP contribution < -0.4 is 5.32 Å². The lowest BCUT2D eigenvalue weighted by molar-refractivity contribution is -0.134. The summed E-state index contributed by atoms with van der Waals surface area (Å²) >= 11 is 0. The molecule has 116 valence electrons. The number of rotatable bonds is 5. The van der Waals surface area contributed by atoms with Crippen LogP contribution in [0.25, 0.3) is 0 Å². The second-order valence-corrected chi connectivity index (χ2v) is 6.14. The third-order valence-electron chi connectivity index (χ3n) is 4.53. The third kappa shape index (κ3) is 4.43. The first-order valence-electron chi connectivity index (χ1n) is 8.11. The van der Waals surface area contributed by atoms with Crippen LogP contribution in [0.2, 0.25) is 0 Å². The number of piperidine rings is 1. The van der Waals surface area contributed by atoms with Crippen LogP contribution >= 0.6 is 0 Å². The molecule has 1 N–H and O–H groups in total. The van der Waals surface area contributed by atoms with Crippen molar-refractivity contribution >= 4 is 5.91 Å². The van der Waals surface area contributed by atoms with Gasteiger partial charge in [-0.15, -0.1) is 0 Å². The van der Waals surface area contributed by atoms with E-state index in [-0.39, 0.29) is 0 Å². The van der Waals surface area contributed by atoms with E-state index in [1.54, 1.807) is 0 Å². The molecular weight excluding hydrogens is 252 g/mol. The van der Waals surface area contributed by atoms with E-state index in [4.69, 9.17) is 0 Å². The zero-order valence-corrected chi connectivity index (χ0v) is 13.1. The van der Waals surface area contributed by atoms with Gasteiger partial charge in [-0.1, -0.05) is 6.92 Å². The van der Waals surface area contributed by atoms with Gasteiger partial charge in [-0.25, -0.2) is 0 Å². The van der Waals surface area contributed by atoms with Gasteiger partial charge in [0.05, 0.1) is 6.54 Å². The molecule has 5 heteroatoms. The molecule has 2 rings (SSSR count). The first-order valence-corrected chi connectivity index (χ1v) is 8.11. The Morgan fingerprint density at radius 3 is 2.45 bits per heavy atom. The Bertz CT molecular complexity index is 296. The van der Waals surface area contributed by atoms with Gasteiger partial charge in [0.25, 0.3) is 0 Å². The average Bonchev–Trinajstić information content (AvgIpc) is 2.48. The normalized spacial score (nSPS) is 22.4. The predicted octanol–water partition coefficient (Wildman–Crippen LogP) is 0.224. The van der Waals surface area contributed by atoms with E-state index in [0.29, 0.717) is 18.5 Å². The maximum absolute atomic E-state index is 12.5. The minimum atomic E-state index is 0.324. The van der Waals surface area contributed by atoms with Crippen molar-refractivity contribution < 1.29 is 4.79 Å². The molecule has 0 aromatic carbocycles. The number of piperazine rings is 1. The summed E-state index contributed by atoms with van der Waals surface area (Å²) in [6, 6.07) is 0.590. The number of amides is 1. The molecule has 0 atom stereocenters. The van der Waals surface area contributed by atoms with Crippen LogP contribution in [-0.4, -0.2) is 86.1 Å². The molecule has 2 saturated heterocycles. The number of likely N-dealkylation sites (N-methyl/N-ethyl adjacent to an activating group) is 1. The number of nitrogens with one attached hydrogen (secondary N) is 1. The SMILES string of the molecule is CCCN(CC(=O)N1CCN(C)CC1)C1CCNCC1. The summed E-state index contributed by atoms with van der Waals surface area (Å²) in [5.41, 5.74) is 0. The van der Waals surface area contributed by atoms with Crippen LogP contribution in [0.3, 0.4) is 0 Å². The van der Waals surface area contributed by atoms with Gasteiger partial charge >= 0.3 is 0 Å². The Morgan fingerprint density at radius 2 is 1.85 bits per heavy atom. The van der Waals surface area contributed by atoms with Crippen LogP contribution in [0.15, 0.2) is 0 Å². The van der Waals surface area contributed by atoms with Crippen molar-refractivity contribution in [1.29, 1.82) is 0 Å². The van der Waals surface area contributed by atoms with Gasteiger partial charge < -0.3 is 15.1 Å². The van der Waals surface area contributed by atoms with Crippen LogP contribution in [0.4, 0.5) is 0 Å². The smallest absolute Gasteiger partial charge is 0.236 e. The van der Waals surface area contributed by atoms with Crippen LogP contribution in [0, 0.1) is 0 Å². The van der Waals surface area contributed by atoms with Gasteiger partial charge in [0.2, 0.25) is 5.91 Å². The zero-order chi connectivity index (χ0) is 14.4. The van der Waals surface area contributed by atoms with Gasteiger partial charge in [0.15, 0.2) is 0 Å². The molecule has 0 bridgehead atoms. The second-order valence-electron chi connectivity index (χ2n) is 6.14. The van der Waals surface area contributed by atoms with Crippen molar-refractivity contribution in [2.45, 2.75) is 32.2 Å². The molecule has 0 saturated carbocycles. The fourth-order valence-corrected chi connectivity index (χ4v) is 3.18. The highest BCUT2D eigenvalue weighted by atomic mass is 16.2. The van der Waals surface area contributed by atoms with Crippen LogP contribution in [0.1, 0.15) is 26.2 Å². The quantitative estimate of drug-likeness (QED) is 0.783. The highest BCUT2D eigenvalue weighted by Gasteiger charge is 2.25. The Labute approximate surface area is 123 Å². The topological polar surface area (TPSA) is 38.8 Å². The van der Waals surface area contributed by atoms with E-state index in [1.165, 1.54) is 12.8 Å². The number of hydrogen-bond acceptors (Lipinski definition) is 4. The van der Waals surface area contributed by atoms with E-state index in [9.17, 15) is 4.79 Å². The Morgan fingerprint density at radius 1 is 1.20 bits per heavy atom. The van der Waals surface area contributed by atoms with E-state index < -0.39 is 0 Å². The van der Waals surface area contributed by atoms with Gasteiger partial charge in [-0.05, 0) is 45.9 Å². The molecule has 20 heavy (non-hydrogen) atoms. The minimum absolute atomic E-state index is 0.324. The Hall–Kier alpha value is -0.650. The summed E-state index contributed by atoms with van der Waals surface area (Å²) in [7, 11) is 2.13. The summed E-state index contributed by atoms with van der Waals surface area (Å²) < 4.78 is 0. The second kappa shape index (κ2) is 7.96. The molecule has 1 amide bonds. The molecule has 2 aliphatic rings. The molecule has 5 nitrogen and oxygen atoms in total. The first-order chi connectivity index (χ1) is 9.70. The molecular formula is C15H30N4O. The summed E-state index contributed by atoms with van der Waals surface area (Å²) in [5, 5.41) is 3.41. The minimum Gasteiger partial charge on any atom is -0.339 e. The standard InChI is InChI=1S/C15H30N4O/c1-3-8-19(14-4-6-16-7-5-14)13-15(20)18-11-9-17(2)10-12-18/h14,16H,3-13H2,1-2H3. The molecule has 2 heterocycles. The van der Waals surface area contributed by atoms with E-state index >= 15 is 0 Å². The number of nitrogens with zero attached hydrogens (tertiary/aromatic N) is 3. The van der Waals surface area contributed by atoms with Gasteiger partial charge in [-0.3, -0.25) is 9.69 Å². The van der Waals surface area contributed by atoms with Crippen LogP contribution in [-0.2, 0) is 4.79 Å². The molecule has 0 unspecified atom stereocenters. The number of carbonyl (C=O) groups is 1. The maximum Gasteiger partial charge on any atom is 0.236 e. The highest BCUT2D eigenvalue weighted by Crippen LogP contribution is 2.13. The largest absolute Gasteiger partial charge is 0.339 e. The first kappa shape index (κ1) is 15.7.